The van der Waals surface area contributed by atoms with Crippen molar-refractivity contribution in [3.8, 4) is 5.75 Å². The standard InChI is InChI=1S/C20H20FN3O5/c1-11-7-24-15(29-10-11)9-23-8-14(17(25)18(26)16(23)20(24)28)19(27)22-6-12-2-4-13(21)5-3-12/h2-5,8,11,15,26H,6-7,9-10H2,1H3,(H,22,27)/t11-,15+/m1/s1. The summed E-state index contributed by atoms with van der Waals surface area (Å²) in [5.41, 5.74) is -0.680. The van der Waals surface area contributed by atoms with Crippen LogP contribution in [0.5, 0.6) is 5.75 Å². The average Bonchev–Trinajstić information content (AvgIpc) is 2.70. The summed E-state index contributed by atoms with van der Waals surface area (Å²) < 4.78 is 20.1. The molecule has 1 aromatic heterocycles. The van der Waals surface area contributed by atoms with E-state index in [0.717, 1.165) is 0 Å². The van der Waals surface area contributed by atoms with Gasteiger partial charge in [-0.05, 0) is 23.6 Å². The number of hydrogen-bond donors (Lipinski definition) is 2. The fraction of sp³-hybridized carbons (Fsp3) is 0.350. The lowest BCUT2D eigenvalue weighted by molar-refractivity contribution is -0.111. The van der Waals surface area contributed by atoms with Crippen LogP contribution in [0.1, 0.15) is 33.3 Å². The van der Waals surface area contributed by atoms with Crippen LogP contribution in [0, 0.1) is 11.7 Å². The highest BCUT2D eigenvalue weighted by Gasteiger charge is 2.39. The first-order valence-electron chi connectivity index (χ1n) is 9.26. The summed E-state index contributed by atoms with van der Waals surface area (Å²) in [7, 11) is 0. The van der Waals surface area contributed by atoms with E-state index in [-0.39, 0.29) is 30.3 Å². The Hall–Kier alpha value is -3.20. The highest BCUT2D eigenvalue weighted by atomic mass is 19.1. The number of hydrogen-bond acceptors (Lipinski definition) is 5. The lowest BCUT2D eigenvalue weighted by Gasteiger charge is -2.42. The molecule has 2 atom stereocenters. The Balaban J connectivity index is 1.61. The highest BCUT2D eigenvalue weighted by Crippen LogP contribution is 2.27. The lowest BCUT2D eigenvalue weighted by atomic mass is 10.1. The molecule has 0 saturated carbocycles. The van der Waals surface area contributed by atoms with Gasteiger partial charge in [0.25, 0.3) is 11.8 Å². The van der Waals surface area contributed by atoms with Crippen molar-refractivity contribution in [2.24, 2.45) is 5.92 Å². The number of nitrogens with one attached hydrogen (secondary N) is 1. The van der Waals surface area contributed by atoms with Crippen molar-refractivity contribution in [3.63, 3.8) is 0 Å². The van der Waals surface area contributed by atoms with Crippen LogP contribution in [0.4, 0.5) is 4.39 Å². The minimum Gasteiger partial charge on any atom is -0.503 e. The van der Waals surface area contributed by atoms with Crippen LogP contribution in [-0.2, 0) is 17.8 Å². The number of nitrogens with zero attached hydrogens (tertiary/aromatic N) is 2. The molecule has 2 aromatic rings. The van der Waals surface area contributed by atoms with Crippen molar-refractivity contribution in [1.29, 1.82) is 0 Å². The average molecular weight is 401 g/mol. The summed E-state index contributed by atoms with van der Waals surface area (Å²) in [5.74, 6) is -2.19. The van der Waals surface area contributed by atoms with Gasteiger partial charge >= 0.3 is 0 Å². The van der Waals surface area contributed by atoms with Crippen molar-refractivity contribution in [2.45, 2.75) is 26.2 Å². The molecule has 0 bridgehead atoms. The van der Waals surface area contributed by atoms with Crippen LogP contribution >= 0.6 is 0 Å². The third-order valence-corrected chi connectivity index (χ3v) is 5.11. The number of aromatic hydroxyl groups is 1. The Bertz CT molecular complexity index is 1030. The number of pyridine rings is 1. The van der Waals surface area contributed by atoms with Crippen LogP contribution in [0.2, 0.25) is 0 Å². The second kappa shape index (κ2) is 7.32. The maximum absolute atomic E-state index is 13.0. The summed E-state index contributed by atoms with van der Waals surface area (Å²) in [6.07, 6.45) is 0.761. The largest absolute Gasteiger partial charge is 0.503 e. The number of benzene rings is 1. The van der Waals surface area contributed by atoms with Gasteiger partial charge in [-0.1, -0.05) is 19.1 Å². The van der Waals surface area contributed by atoms with Crippen LogP contribution in [0.15, 0.2) is 35.3 Å². The highest BCUT2D eigenvalue weighted by molar-refractivity contribution is 5.99. The van der Waals surface area contributed by atoms with E-state index < -0.39 is 35.0 Å². The minimum absolute atomic E-state index is 0.0808. The molecule has 0 unspecified atom stereocenters. The summed E-state index contributed by atoms with van der Waals surface area (Å²) in [5, 5.41) is 12.9. The molecule has 1 fully saturated rings. The predicted octanol–water partition coefficient (Wildman–Crippen LogP) is 1.07. The number of amides is 2. The molecule has 2 N–H and O–H groups in total. The van der Waals surface area contributed by atoms with Crippen molar-refractivity contribution < 1.29 is 23.8 Å². The van der Waals surface area contributed by atoms with Gasteiger partial charge in [0.2, 0.25) is 5.43 Å². The molecule has 0 aliphatic carbocycles. The number of halogens is 1. The normalized spacial score (nSPS) is 20.8. The van der Waals surface area contributed by atoms with Crippen molar-refractivity contribution in [3.05, 3.63) is 63.3 Å². The van der Waals surface area contributed by atoms with Crippen LogP contribution < -0.4 is 10.7 Å². The topological polar surface area (TPSA) is 101 Å². The number of fused-ring (bicyclic) bond motifs is 2. The van der Waals surface area contributed by atoms with Crippen LogP contribution in [-0.4, -0.2) is 45.8 Å². The molecule has 29 heavy (non-hydrogen) atoms. The van der Waals surface area contributed by atoms with Gasteiger partial charge in [-0.3, -0.25) is 14.4 Å². The number of carbonyl (C=O) groups excluding carboxylic acids is 2. The second-order valence-corrected chi connectivity index (χ2v) is 7.38. The number of aromatic nitrogens is 1. The summed E-state index contributed by atoms with van der Waals surface area (Å²) in [6.45, 7) is 3.20. The monoisotopic (exact) mass is 401 g/mol. The number of ether oxygens (including phenoxy) is 1. The predicted molar refractivity (Wildman–Crippen MR) is 99.9 cm³/mol. The summed E-state index contributed by atoms with van der Waals surface area (Å²) in [4.78, 5) is 39.3. The quantitative estimate of drug-likeness (QED) is 0.801. The molecule has 1 saturated heterocycles. The van der Waals surface area contributed by atoms with Gasteiger partial charge in [0.05, 0.1) is 13.2 Å². The third-order valence-electron chi connectivity index (χ3n) is 5.11. The van der Waals surface area contributed by atoms with E-state index in [0.29, 0.717) is 18.7 Å². The Morgan fingerprint density at radius 3 is 2.72 bits per heavy atom. The van der Waals surface area contributed by atoms with E-state index in [1.807, 2.05) is 6.92 Å². The van der Waals surface area contributed by atoms with E-state index in [1.165, 1.54) is 39.9 Å². The fourth-order valence-electron chi connectivity index (χ4n) is 3.60. The SMILES string of the molecule is C[C@H]1CO[C@H]2Cn3cc(C(=O)NCc4ccc(F)cc4)c(=O)c(O)c3C(=O)N2C1. The van der Waals surface area contributed by atoms with E-state index in [2.05, 4.69) is 5.32 Å². The van der Waals surface area contributed by atoms with Crippen LogP contribution in [0.3, 0.4) is 0 Å². The Kier molecular flexibility index (Phi) is 4.83. The maximum atomic E-state index is 13.0. The van der Waals surface area contributed by atoms with Gasteiger partial charge < -0.3 is 24.6 Å². The van der Waals surface area contributed by atoms with Gasteiger partial charge in [-0.15, -0.1) is 0 Å². The molecule has 4 rings (SSSR count). The lowest BCUT2D eigenvalue weighted by Crippen LogP contribution is -2.55. The number of carbonyl (C=O) groups is 2. The molecule has 0 spiro atoms. The molecule has 2 aliphatic rings. The van der Waals surface area contributed by atoms with Crippen molar-refractivity contribution in [1.82, 2.24) is 14.8 Å². The maximum Gasteiger partial charge on any atom is 0.276 e. The molecule has 0 radical (unpaired) electrons. The molecule has 2 aliphatic heterocycles. The van der Waals surface area contributed by atoms with Gasteiger partial charge in [0, 0.05) is 19.3 Å². The van der Waals surface area contributed by atoms with Crippen LogP contribution in [0.25, 0.3) is 0 Å². The van der Waals surface area contributed by atoms with Gasteiger partial charge in [0.1, 0.15) is 11.4 Å². The molecule has 152 valence electrons. The van der Waals surface area contributed by atoms with Crippen molar-refractivity contribution in [2.75, 3.05) is 13.2 Å². The molecule has 3 heterocycles. The van der Waals surface area contributed by atoms with Crippen molar-refractivity contribution >= 4 is 11.8 Å². The first-order chi connectivity index (χ1) is 13.8. The zero-order valence-corrected chi connectivity index (χ0v) is 15.7. The first-order valence-corrected chi connectivity index (χ1v) is 9.26. The van der Waals surface area contributed by atoms with E-state index in [4.69, 9.17) is 4.74 Å². The zero-order chi connectivity index (χ0) is 20.7. The summed E-state index contributed by atoms with van der Waals surface area (Å²) >= 11 is 0. The molecule has 2 amide bonds. The number of rotatable bonds is 3. The zero-order valence-electron chi connectivity index (χ0n) is 15.7. The Morgan fingerprint density at radius 1 is 1.28 bits per heavy atom. The molecular weight excluding hydrogens is 381 g/mol. The third kappa shape index (κ3) is 3.49. The smallest absolute Gasteiger partial charge is 0.276 e. The molecule has 1 aromatic carbocycles. The Morgan fingerprint density at radius 2 is 2.00 bits per heavy atom. The van der Waals surface area contributed by atoms with Gasteiger partial charge in [0.15, 0.2) is 17.7 Å². The minimum atomic E-state index is -0.911. The van der Waals surface area contributed by atoms with Gasteiger partial charge in [-0.2, -0.15) is 0 Å². The molecular formula is C20H20FN3O5. The van der Waals surface area contributed by atoms with E-state index >= 15 is 0 Å². The van der Waals surface area contributed by atoms with E-state index in [9.17, 15) is 23.9 Å². The summed E-state index contributed by atoms with van der Waals surface area (Å²) in [6, 6.07) is 5.57. The Labute approximate surface area is 165 Å². The second-order valence-electron chi connectivity index (χ2n) is 7.38. The molecule has 9 heteroatoms. The first kappa shape index (κ1) is 19.1. The van der Waals surface area contributed by atoms with E-state index in [1.54, 1.807) is 0 Å². The van der Waals surface area contributed by atoms with Gasteiger partial charge in [-0.25, -0.2) is 4.39 Å². The molecule has 8 nitrogen and oxygen atoms in total. The fourth-order valence-corrected chi connectivity index (χ4v) is 3.60.